The van der Waals surface area contributed by atoms with Gasteiger partial charge in [-0.25, -0.2) is 0 Å². The Kier molecular flexibility index (Phi) is 15.7. The lowest BCUT2D eigenvalue weighted by Crippen LogP contribution is -1.99. The molecule has 3 aliphatic rings. The summed E-state index contributed by atoms with van der Waals surface area (Å²) in [7, 11) is 0. The Labute approximate surface area is 242 Å². The van der Waals surface area contributed by atoms with Gasteiger partial charge in [0.25, 0.3) is 0 Å². The van der Waals surface area contributed by atoms with Crippen molar-refractivity contribution in [3.8, 4) is 17.2 Å². The Hall–Kier alpha value is -3.15. The van der Waals surface area contributed by atoms with Crippen LogP contribution in [0.25, 0.3) is 0 Å². The van der Waals surface area contributed by atoms with Crippen LogP contribution in [0.2, 0.25) is 0 Å². The Morgan fingerprint density at radius 1 is 0.475 bits per heavy atom. The first-order chi connectivity index (χ1) is 19.5. The molecule has 3 heterocycles. The van der Waals surface area contributed by atoms with Crippen LogP contribution >= 0.6 is 0 Å². The Balaban J connectivity index is 0.000000198. The lowest BCUT2D eigenvalue weighted by molar-refractivity contribution is 0.298. The van der Waals surface area contributed by atoms with E-state index >= 15 is 0 Å². The SMILES string of the molecule is CC.CC.Cc1cncc(OCC2CC2)c1.Cc1cncc(OCC2CC2)c1.Cc1cncc(OCC2CC2)c1. The molecule has 0 atom stereocenters. The molecular formula is C34H51N3O3. The van der Waals surface area contributed by atoms with Gasteiger partial charge in [-0.05, 0) is 112 Å². The molecule has 3 aliphatic carbocycles. The summed E-state index contributed by atoms with van der Waals surface area (Å²) in [6, 6.07) is 6.07. The summed E-state index contributed by atoms with van der Waals surface area (Å²) in [6.07, 6.45) is 18.8. The highest BCUT2D eigenvalue weighted by atomic mass is 16.5. The third-order valence-corrected chi connectivity index (χ3v) is 6.10. The maximum absolute atomic E-state index is 5.55. The molecule has 3 fully saturated rings. The van der Waals surface area contributed by atoms with Crippen LogP contribution in [0, 0.1) is 38.5 Å². The fraction of sp³-hybridized carbons (Fsp3) is 0.559. The minimum Gasteiger partial charge on any atom is -0.492 e. The smallest absolute Gasteiger partial charge is 0.137 e. The molecule has 0 amide bonds. The number of ether oxygens (including phenoxy) is 3. The molecule has 0 radical (unpaired) electrons. The van der Waals surface area contributed by atoms with Gasteiger partial charge in [0.2, 0.25) is 0 Å². The number of hydrogen-bond acceptors (Lipinski definition) is 6. The van der Waals surface area contributed by atoms with Crippen LogP contribution in [0.1, 0.15) is 82.9 Å². The van der Waals surface area contributed by atoms with Crippen molar-refractivity contribution in [3.05, 3.63) is 72.1 Å². The van der Waals surface area contributed by atoms with E-state index in [4.69, 9.17) is 14.2 Å². The van der Waals surface area contributed by atoms with Crippen molar-refractivity contribution in [2.75, 3.05) is 19.8 Å². The van der Waals surface area contributed by atoms with Crippen LogP contribution in [-0.2, 0) is 0 Å². The van der Waals surface area contributed by atoms with Gasteiger partial charge < -0.3 is 14.2 Å². The molecule has 0 aromatic carbocycles. The summed E-state index contributed by atoms with van der Waals surface area (Å²) in [5.41, 5.74) is 3.47. The van der Waals surface area contributed by atoms with Crippen LogP contribution in [-0.4, -0.2) is 34.8 Å². The minimum atomic E-state index is 0.811. The van der Waals surface area contributed by atoms with Gasteiger partial charge in [0.15, 0.2) is 0 Å². The van der Waals surface area contributed by atoms with Crippen molar-refractivity contribution in [1.82, 2.24) is 15.0 Å². The highest BCUT2D eigenvalue weighted by Crippen LogP contribution is 2.30. The highest BCUT2D eigenvalue weighted by molar-refractivity contribution is 5.23. The summed E-state index contributed by atoms with van der Waals surface area (Å²) in [5.74, 6) is 5.15. The number of pyridine rings is 3. The zero-order chi connectivity index (χ0) is 29.2. The lowest BCUT2D eigenvalue weighted by Gasteiger charge is -2.04. The number of nitrogens with zero attached hydrogens (tertiary/aromatic N) is 3. The predicted octanol–water partition coefficient (Wildman–Crippen LogP) is 8.59. The van der Waals surface area contributed by atoms with E-state index < -0.39 is 0 Å². The summed E-state index contributed by atoms with van der Waals surface area (Å²) in [5, 5.41) is 0. The number of aromatic nitrogens is 3. The van der Waals surface area contributed by atoms with Crippen LogP contribution in [0.4, 0.5) is 0 Å². The fourth-order valence-corrected chi connectivity index (χ4v) is 3.31. The third-order valence-electron chi connectivity index (χ3n) is 6.10. The average molecular weight is 550 g/mol. The lowest BCUT2D eigenvalue weighted by atomic mass is 10.3. The maximum atomic E-state index is 5.55. The van der Waals surface area contributed by atoms with Crippen molar-refractivity contribution in [1.29, 1.82) is 0 Å². The highest BCUT2D eigenvalue weighted by Gasteiger charge is 2.23. The molecule has 3 saturated carbocycles. The quantitative estimate of drug-likeness (QED) is 0.266. The van der Waals surface area contributed by atoms with Gasteiger partial charge >= 0.3 is 0 Å². The summed E-state index contributed by atoms with van der Waals surface area (Å²) >= 11 is 0. The van der Waals surface area contributed by atoms with Gasteiger partial charge in [0.05, 0.1) is 38.4 Å². The van der Waals surface area contributed by atoms with Gasteiger partial charge in [0.1, 0.15) is 17.2 Å². The van der Waals surface area contributed by atoms with Gasteiger partial charge in [-0.1, -0.05) is 27.7 Å². The van der Waals surface area contributed by atoms with E-state index in [9.17, 15) is 0 Å². The van der Waals surface area contributed by atoms with E-state index in [-0.39, 0.29) is 0 Å². The van der Waals surface area contributed by atoms with E-state index in [1.54, 1.807) is 18.6 Å². The van der Waals surface area contributed by atoms with Gasteiger partial charge in [-0.2, -0.15) is 0 Å². The van der Waals surface area contributed by atoms with E-state index in [1.165, 1.54) is 38.5 Å². The molecule has 0 aliphatic heterocycles. The maximum Gasteiger partial charge on any atom is 0.137 e. The molecule has 0 saturated heterocycles. The molecule has 40 heavy (non-hydrogen) atoms. The predicted molar refractivity (Wildman–Crippen MR) is 164 cm³/mol. The fourth-order valence-electron chi connectivity index (χ4n) is 3.31. The van der Waals surface area contributed by atoms with Crippen LogP contribution < -0.4 is 14.2 Å². The molecule has 3 aromatic rings. The van der Waals surface area contributed by atoms with Gasteiger partial charge in [-0.15, -0.1) is 0 Å². The Bertz CT molecular complexity index is 943. The second-order valence-electron chi connectivity index (χ2n) is 10.4. The topological polar surface area (TPSA) is 66.4 Å². The third kappa shape index (κ3) is 15.4. The first kappa shape index (κ1) is 33.1. The van der Waals surface area contributed by atoms with Crippen molar-refractivity contribution >= 4 is 0 Å². The van der Waals surface area contributed by atoms with Crippen molar-refractivity contribution < 1.29 is 14.2 Å². The second-order valence-corrected chi connectivity index (χ2v) is 10.4. The molecule has 0 spiro atoms. The normalized spacial score (nSPS) is 14.8. The van der Waals surface area contributed by atoms with Crippen LogP contribution in [0.3, 0.4) is 0 Å². The molecule has 6 rings (SSSR count). The van der Waals surface area contributed by atoms with Crippen LogP contribution in [0.15, 0.2) is 55.4 Å². The number of hydrogen-bond donors (Lipinski definition) is 0. The standard InChI is InChI=1S/3C10H13NO.2C2H6/c3*1-8-4-10(6-11-5-8)12-7-9-2-3-9;2*1-2/h3*4-6,9H,2-3,7H2,1H3;2*1-2H3. The van der Waals surface area contributed by atoms with E-state index in [2.05, 4.69) is 15.0 Å². The first-order valence-electron chi connectivity index (χ1n) is 15.2. The minimum absolute atomic E-state index is 0.811. The van der Waals surface area contributed by atoms with E-state index in [0.29, 0.717) is 0 Å². The zero-order valence-electron chi connectivity index (χ0n) is 25.9. The van der Waals surface area contributed by atoms with Gasteiger partial charge in [-0.3, -0.25) is 15.0 Å². The number of aryl methyl sites for hydroxylation is 3. The van der Waals surface area contributed by atoms with Crippen molar-refractivity contribution in [2.24, 2.45) is 17.8 Å². The zero-order valence-corrected chi connectivity index (χ0v) is 25.9. The van der Waals surface area contributed by atoms with Crippen LogP contribution in [0.5, 0.6) is 17.2 Å². The first-order valence-corrected chi connectivity index (χ1v) is 15.2. The average Bonchev–Trinajstić information content (AvgIpc) is 3.84. The van der Waals surface area contributed by atoms with Crippen molar-refractivity contribution in [3.63, 3.8) is 0 Å². The molecule has 220 valence electrons. The second kappa shape index (κ2) is 19.0. The van der Waals surface area contributed by atoms with Crippen molar-refractivity contribution in [2.45, 2.75) is 87.0 Å². The molecule has 6 heteroatoms. The largest absolute Gasteiger partial charge is 0.492 e. The Morgan fingerprint density at radius 2 is 0.725 bits per heavy atom. The molecule has 0 N–H and O–H groups in total. The summed E-state index contributed by atoms with van der Waals surface area (Å²) in [6.45, 7) is 16.7. The molecular weight excluding hydrogens is 498 g/mol. The summed E-state index contributed by atoms with van der Waals surface area (Å²) in [4.78, 5) is 12.2. The Morgan fingerprint density at radius 3 is 0.925 bits per heavy atom. The summed E-state index contributed by atoms with van der Waals surface area (Å²) < 4.78 is 16.6. The molecule has 0 bridgehead atoms. The monoisotopic (exact) mass is 549 g/mol. The van der Waals surface area contributed by atoms with E-state index in [1.807, 2.05) is 85.3 Å². The number of rotatable bonds is 9. The molecule has 3 aromatic heterocycles. The molecule has 0 unspecified atom stereocenters. The van der Waals surface area contributed by atoms with Gasteiger partial charge in [0, 0.05) is 18.6 Å². The van der Waals surface area contributed by atoms with E-state index in [0.717, 1.165) is 71.5 Å². The molecule has 6 nitrogen and oxygen atoms in total.